The van der Waals surface area contributed by atoms with Crippen molar-refractivity contribution in [3.8, 4) is 0 Å². The number of anilines is 1. The van der Waals surface area contributed by atoms with Crippen molar-refractivity contribution in [1.29, 1.82) is 0 Å². The Kier molecular flexibility index (Phi) is 5.38. The summed E-state index contributed by atoms with van der Waals surface area (Å²) in [5.74, 6) is -0.0377. The molecule has 1 unspecified atom stereocenters. The van der Waals surface area contributed by atoms with Gasteiger partial charge >= 0.3 is 0 Å². The standard InChI is InChI=1S/C12H15ClN2OS/c1-3-6-15-12(16)8(2)17-11-5-4-9(13)7-10(11)14/h3-5,7-8H,1,6,14H2,2H3,(H,15,16). The van der Waals surface area contributed by atoms with E-state index in [9.17, 15) is 4.79 Å². The van der Waals surface area contributed by atoms with Gasteiger partial charge in [0.2, 0.25) is 5.91 Å². The average Bonchev–Trinajstić information content (AvgIpc) is 2.29. The third-order valence-electron chi connectivity index (χ3n) is 2.07. The molecule has 0 aliphatic carbocycles. The van der Waals surface area contributed by atoms with Crippen LogP contribution in [0.5, 0.6) is 0 Å². The molecular formula is C12H15ClN2OS. The summed E-state index contributed by atoms with van der Waals surface area (Å²) in [6.45, 7) is 5.85. The Bertz CT molecular complexity index is 423. The van der Waals surface area contributed by atoms with Gasteiger partial charge in [-0.15, -0.1) is 18.3 Å². The molecule has 0 fully saturated rings. The zero-order valence-corrected chi connectivity index (χ0v) is 11.1. The molecule has 0 heterocycles. The lowest BCUT2D eigenvalue weighted by atomic mass is 10.3. The number of halogens is 1. The lowest BCUT2D eigenvalue weighted by Gasteiger charge is -2.12. The average molecular weight is 271 g/mol. The van der Waals surface area contributed by atoms with Gasteiger partial charge in [-0.25, -0.2) is 0 Å². The molecule has 3 nitrogen and oxygen atoms in total. The van der Waals surface area contributed by atoms with Gasteiger partial charge in [0.1, 0.15) is 0 Å². The predicted octanol–water partition coefficient (Wildman–Crippen LogP) is 2.71. The molecule has 3 N–H and O–H groups in total. The molecule has 1 aromatic carbocycles. The van der Waals surface area contributed by atoms with Crippen molar-refractivity contribution in [2.75, 3.05) is 12.3 Å². The summed E-state index contributed by atoms with van der Waals surface area (Å²) in [5, 5.41) is 3.12. The minimum Gasteiger partial charge on any atom is -0.398 e. The number of nitrogens with two attached hydrogens (primary N) is 1. The lowest BCUT2D eigenvalue weighted by Crippen LogP contribution is -2.30. The van der Waals surface area contributed by atoms with Crippen LogP contribution in [-0.2, 0) is 4.79 Å². The van der Waals surface area contributed by atoms with Crippen molar-refractivity contribution < 1.29 is 4.79 Å². The molecule has 0 aromatic heterocycles. The summed E-state index contributed by atoms with van der Waals surface area (Å²) >= 11 is 7.21. The van der Waals surface area contributed by atoms with Crippen LogP contribution in [0.1, 0.15) is 6.92 Å². The number of benzene rings is 1. The largest absolute Gasteiger partial charge is 0.398 e. The normalized spacial score (nSPS) is 11.9. The van der Waals surface area contributed by atoms with Crippen LogP contribution < -0.4 is 11.1 Å². The summed E-state index contributed by atoms with van der Waals surface area (Å²) in [4.78, 5) is 12.5. The monoisotopic (exact) mass is 270 g/mol. The number of hydrogen-bond donors (Lipinski definition) is 2. The fourth-order valence-corrected chi connectivity index (χ4v) is 2.28. The minimum atomic E-state index is -0.210. The zero-order chi connectivity index (χ0) is 12.8. The Morgan fingerprint density at radius 3 is 3.00 bits per heavy atom. The molecule has 0 aliphatic heterocycles. The number of carbonyl (C=O) groups excluding carboxylic acids is 1. The first kappa shape index (κ1) is 13.9. The van der Waals surface area contributed by atoms with Crippen molar-refractivity contribution in [2.45, 2.75) is 17.1 Å². The fraction of sp³-hybridized carbons (Fsp3) is 0.250. The van der Waals surface area contributed by atoms with Gasteiger partial charge in [0.15, 0.2) is 0 Å². The van der Waals surface area contributed by atoms with E-state index in [1.165, 1.54) is 11.8 Å². The van der Waals surface area contributed by atoms with E-state index in [0.717, 1.165) is 4.90 Å². The van der Waals surface area contributed by atoms with Gasteiger partial charge in [-0.2, -0.15) is 0 Å². The molecule has 1 amide bonds. The maximum atomic E-state index is 11.6. The van der Waals surface area contributed by atoms with Crippen LogP contribution in [0.3, 0.4) is 0 Å². The van der Waals surface area contributed by atoms with Crippen LogP contribution in [0.25, 0.3) is 0 Å². The second-order valence-electron chi connectivity index (χ2n) is 3.48. The highest BCUT2D eigenvalue weighted by Gasteiger charge is 2.14. The van der Waals surface area contributed by atoms with E-state index in [4.69, 9.17) is 17.3 Å². The first-order valence-electron chi connectivity index (χ1n) is 5.15. The Morgan fingerprint density at radius 1 is 1.71 bits per heavy atom. The Balaban J connectivity index is 2.64. The highest BCUT2D eigenvalue weighted by Crippen LogP contribution is 2.30. The molecule has 0 bridgehead atoms. The number of nitrogen functional groups attached to an aromatic ring is 1. The smallest absolute Gasteiger partial charge is 0.233 e. The predicted molar refractivity (Wildman–Crippen MR) is 74.4 cm³/mol. The molecule has 92 valence electrons. The van der Waals surface area contributed by atoms with Crippen LogP contribution in [0, 0.1) is 0 Å². The SMILES string of the molecule is C=CCNC(=O)C(C)Sc1ccc(Cl)cc1N. The number of nitrogens with one attached hydrogen (secondary N) is 1. The molecule has 1 atom stereocenters. The van der Waals surface area contributed by atoms with Gasteiger partial charge < -0.3 is 11.1 Å². The number of amides is 1. The van der Waals surface area contributed by atoms with Gasteiger partial charge in [-0.05, 0) is 25.1 Å². The van der Waals surface area contributed by atoms with Crippen LogP contribution in [-0.4, -0.2) is 17.7 Å². The molecule has 1 aromatic rings. The molecule has 1 rings (SSSR count). The highest BCUT2D eigenvalue weighted by atomic mass is 35.5. The van der Waals surface area contributed by atoms with Gasteiger partial charge in [0.25, 0.3) is 0 Å². The lowest BCUT2D eigenvalue weighted by molar-refractivity contribution is -0.120. The Hall–Kier alpha value is -1.13. The van der Waals surface area contributed by atoms with Gasteiger partial charge in [-0.1, -0.05) is 17.7 Å². The van der Waals surface area contributed by atoms with Crippen LogP contribution in [0.15, 0.2) is 35.7 Å². The van der Waals surface area contributed by atoms with E-state index < -0.39 is 0 Å². The van der Waals surface area contributed by atoms with Gasteiger partial charge in [0, 0.05) is 22.2 Å². The first-order valence-corrected chi connectivity index (χ1v) is 6.40. The van der Waals surface area contributed by atoms with Crippen LogP contribution >= 0.6 is 23.4 Å². The zero-order valence-electron chi connectivity index (χ0n) is 9.57. The summed E-state index contributed by atoms with van der Waals surface area (Å²) in [7, 11) is 0. The fourth-order valence-electron chi connectivity index (χ4n) is 1.19. The van der Waals surface area contributed by atoms with Crippen molar-refractivity contribution in [3.05, 3.63) is 35.9 Å². The third kappa shape index (κ3) is 4.32. The van der Waals surface area contributed by atoms with E-state index >= 15 is 0 Å². The molecule has 5 heteroatoms. The van der Waals surface area contributed by atoms with E-state index in [2.05, 4.69) is 11.9 Å². The Morgan fingerprint density at radius 2 is 2.41 bits per heavy atom. The summed E-state index contributed by atoms with van der Waals surface area (Å²) in [5.41, 5.74) is 6.41. The van der Waals surface area contributed by atoms with Gasteiger partial charge in [0.05, 0.1) is 5.25 Å². The number of hydrogen-bond acceptors (Lipinski definition) is 3. The molecule has 0 aliphatic rings. The van der Waals surface area contributed by atoms with E-state index in [-0.39, 0.29) is 11.2 Å². The van der Waals surface area contributed by atoms with Crippen molar-refractivity contribution >= 4 is 35.0 Å². The van der Waals surface area contributed by atoms with Crippen molar-refractivity contribution in [1.82, 2.24) is 5.32 Å². The second kappa shape index (κ2) is 6.57. The quantitative estimate of drug-likeness (QED) is 0.491. The van der Waals surface area contributed by atoms with Crippen molar-refractivity contribution in [3.63, 3.8) is 0 Å². The molecule has 0 spiro atoms. The maximum Gasteiger partial charge on any atom is 0.233 e. The first-order chi connectivity index (χ1) is 8.04. The summed E-state index contributed by atoms with van der Waals surface area (Å²) < 4.78 is 0. The van der Waals surface area contributed by atoms with E-state index in [0.29, 0.717) is 17.3 Å². The maximum absolute atomic E-state index is 11.6. The van der Waals surface area contributed by atoms with Gasteiger partial charge in [-0.3, -0.25) is 4.79 Å². The third-order valence-corrected chi connectivity index (χ3v) is 3.49. The molecule has 0 radical (unpaired) electrons. The number of rotatable bonds is 5. The van der Waals surface area contributed by atoms with E-state index in [1.807, 2.05) is 13.0 Å². The molecule has 17 heavy (non-hydrogen) atoms. The van der Waals surface area contributed by atoms with Crippen LogP contribution in [0.4, 0.5) is 5.69 Å². The number of carbonyl (C=O) groups is 1. The molecular weight excluding hydrogens is 256 g/mol. The topological polar surface area (TPSA) is 55.1 Å². The van der Waals surface area contributed by atoms with Crippen LogP contribution in [0.2, 0.25) is 5.02 Å². The summed E-state index contributed by atoms with van der Waals surface area (Å²) in [6.07, 6.45) is 1.64. The Labute approximate surface area is 110 Å². The van der Waals surface area contributed by atoms with Crippen molar-refractivity contribution in [2.24, 2.45) is 0 Å². The number of thioether (sulfide) groups is 1. The summed E-state index contributed by atoms with van der Waals surface area (Å²) in [6, 6.07) is 5.26. The molecule has 0 saturated carbocycles. The second-order valence-corrected chi connectivity index (χ2v) is 5.30. The van der Waals surface area contributed by atoms with E-state index in [1.54, 1.807) is 18.2 Å². The minimum absolute atomic E-state index is 0.0377. The highest BCUT2D eigenvalue weighted by molar-refractivity contribution is 8.00. The molecule has 0 saturated heterocycles.